The molecule has 3 rings (SSSR count). The summed E-state index contributed by atoms with van der Waals surface area (Å²) in [4.78, 5) is 26.3. The fraction of sp³-hybridized carbons (Fsp3) is 0.467. The normalized spacial score (nSPS) is 25.9. The van der Waals surface area contributed by atoms with Gasteiger partial charge < -0.3 is 15.0 Å². The number of hydrogen-bond acceptors (Lipinski definition) is 3. The highest BCUT2D eigenvalue weighted by Crippen LogP contribution is 2.31. The Balaban J connectivity index is 1.95. The number of para-hydroxylation sites is 2. The summed E-state index contributed by atoms with van der Waals surface area (Å²) in [6, 6.07) is 7.40. The Morgan fingerprint density at radius 1 is 1.40 bits per heavy atom. The first-order valence-corrected chi connectivity index (χ1v) is 6.99. The van der Waals surface area contributed by atoms with E-state index in [4.69, 9.17) is 4.74 Å². The molecule has 5 nitrogen and oxygen atoms in total. The Morgan fingerprint density at radius 2 is 2.20 bits per heavy atom. The summed E-state index contributed by atoms with van der Waals surface area (Å²) in [7, 11) is 0. The maximum absolute atomic E-state index is 12.6. The van der Waals surface area contributed by atoms with E-state index in [1.54, 1.807) is 4.90 Å². The number of hydrogen-bond donors (Lipinski definition) is 1. The van der Waals surface area contributed by atoms with Crippen molar-refractivity contribution in [1.82, 2.24) is 0 Å². The number of ether oxygens (including phenoxy) is 1. The zero-order valence-corrected chi connectivity index (χ0v) is 11.5. The zero-order valence-electron chi connectivity index (χ0n) is 11.5. The van der Waals surface area contributed by atoms with E-state index in [9.17, 15) is 9.59 Å². The second kappa shape index (κ2) is 5.25. The van der Waals surface area contributed by atoms with Gasteiger partial charge in [-0.15, -0.1) is 0 Å². The first-order chi connectivity index (χ1) is 9.66. The molecule has 2 heterocycles. The van der Waals surface area contributed by atoms with E-state index in [1.165, 1.54) is 0 Å². The molecule has 0 aliphatic carbocycles. The largest absolute Gasteiger partial charge is 0.368 e. The van der Waals surface area contributed by atoms with Gasteiger partial charge in [0.15, 0.2) is 0 Å². The van der Waals surface area contributed by atoms with Crippen molar-refractivity contribution >= 4 is 23.2 Å². The van der Waals surface area contributed by atoms with Crippen molar-refractivity contribution < 1.29 is 14.3 Å². The second-order valence-corrected chi connectivity index (χ2v) is 5.36. The highest BCUT2D eigenvalue weighted by atomic mass is 16.5. The van der Waals surface area contributed by atoms with E-state index in [0.29, 0.717) is 18.8 Å². The molecule has 1 saturated heterocycles. The molecule has 2 aliphatic rings. The molecule has 2 unspecified atom stereocenters. The van der Waals surface area contributed by atoms with Crippen LogP contribution in [0.1, 0.15) is 19.8 Å². The lowest BCUT2D eigenvalue weighted by Crippen LogP contribution is -2.41. The number of carbonyl (C=O) groups excluding carboxylic acids is 2. The van der Waals surface area contributed by atoms with Crippen LogP contribution >= 0.6 is 0 Å². The van der Waals surface area contributed by atoms with Crippen molar-refractivity contribution in [3.63, 3.8) is 0 Å². The lowest BCUT2D eigenvalue weighted by Gasteiger charge is -2.26. The third kappa shape index (κ3) is 2.29. The standard InChI is InChI=1S/C15H18N2O3/c1-10-9-17(15(19)13-7-4-8-20-13)12-6-3-2-5-11(12)16-14(10)18/h2-3,5-6,10,13H,4,7-9H2,1H3,(H,16,18). The van der Waals surface area contributed by atoms with Crippen LogP contribution in [0.5, 0.6) is 0 Å². The molecule has 1 N–H and O–H groups in total. The Morgan fingerprint density at radius 3 is 2.95 bits per heavy atom. The number of carbonyl (C=O) groups is 2. The van der Waals surface area contributed by atoms with E-state index >= 15 is 0 Å². The third-order valence-electron chi connectivity index (χ3n) is 3.83. The zero-order chi connectivity index (χ0) is 14.1. The topological polar surface area (TPSA) is 58.6 Å². The third-order valence-corrected chi connectivity index (χ3v) is 3.83. The molecule has 0 saturated carbocycles. The molecule has 5 heteroatoms. The van der Waals surface area contributed by atoms with Crippen molar-refractivity contribution in [2.24, 2.45) is 5.92 Å². The van der Waals surface area contributed by atoms with Crippen LogP contribution < -0.4 is 10.2 Å². The van der Waals surface area contributed by atoms with Gasteiger partial charge in [-0.05, 0) is 25.0 Å². The maximum Gasteiger partial charge on any atom is 0.256 e. The van der Waals surface area contributed by atoms with Crippen LogP contribution in [0.25, 0.3) is 0 Å². The molecule has 2 aliphatic heterocycles. The Bertz CT molecular complexity index is 538. The van der Waals surface area contributed by atoms with Crippen molar-refractivity contribution in [3.05, 3.63) is 24.3 Å². The summed E-state index contributed by atoms with van der Waals surface area (Å²) in [5.41, 5.74) is 1.44. The Labute approximate surface area is 117 Å². The molecule has 1 aromatic rings. The predicted molar refractivity (Wildman–Crippen MR) is 75.6 cm³/mol. The average molecular weight is 274 g/mol. The van der Waals surface area contributed by atoms with Crippen LogP contribution in [0, 0.1) is 5.92 Å². The highest BCUT2D eigenvalue weighted by Gasteiger charge is 2.34. The molecule has 0 spiro atoms. The van der Waals surface area contributed by atoms with Gasteiger partial charge in [0.05, 0.1) is 17.3 Å². The quantitative estimate of drug-likeness (QED) is 0.849. The van der Waals surface area contributed by atoms with Gasteiger partial charge in [-0.3, -0.25) is 9.59 Å². The predicted octanol–water partition coefficient (Wildman–Crippen LogP) is 1.79. The summed E-state index contributed by atoms with van der Waals surface area (Å²) in [5, 5.41) is 2.87. The summed E-state index contributed by atoms with van der Waals surface area (Å²) in [6.07, 6.45) is 1.30. The summed E-state index contributed by atoms with van der Waals surface area (Å²) in [6.45, 7) is 2.86. The molecule has 1 fully saturated rings. The van der Waals surface area contributed by atoms with Gasteiger partial charge in [0.1, 0.15) is 6.10 Å². The van der Waals surface area contributed by atoms with E-state index in [1.807, 2.05) is 31.2 Å². The van der Waals surface area contributed by atoms with Crippen LogP contribution in [-0.2, 0) is 14.3 Å². The van der Waals surface area contributed by atoms with Gasteiger partial charge in [-0.2, -0.15) is 0 Å². The number of rotatable bonds is 1. The van der Waals surface area contributed by atoms with Crippen molar-refractivity contribution in [2.75, 3.05) is 23.4 Å². The molecule has 2 atom stereocenters. The Kier molecular flexibility index (Phi) is 3.44. The first kappa shape index (κ1) is 13.1. The second-order valence-electron chi connectivity index (χ2n) is 5.36. The smallest absolute Gasteiger partial charge is 0.256 e. The number of anilines is 2. The van der Waals surface area contributed by atoms with Gasteiger partial charge in [-0.25, -0.2) is 0 Å². The van der Waals surface area contributed by atoms with E-state index in [-0.39, 0.29) is 23.8 Å². The minimum absolute atomic E-state index is 0.0432. The SMILES string of the molecule is CC1CN(C(=O)C2CCCO2)c2ccccc2NC1=O. The van der Waals surface area contributed by atoms with Gasteiger partial charge in [0, 0.05) is 13.2 Å². The van der Waals surface area contributed by atoms with Gasteiger partial charge >= 0.3 is 0 Å². The minimum Gasteiger partial charge on any atom is -0.368 e. The summed E-state index contributed by atoms with van der Waals surface area (Å²) < 4.78 is 5.49. The summed E-state index contributed by atoms with van der Waals surface area (Å²) in [5.74, 6) is -0.342. The lowest BCUT2D eigenvalue weighted by atomic mass is 10.1. The van der Waals surface area contributed by atoms with Crippen LogP contribution in [0.2, 0.25) is 0 Å². The van der Waals surface area contributed by atoms with Crippen LogP contribution in [0.4, 0.5) is 11.4 Å². The van der Waals surface area contributed by atoms with E-state index in [0.717, 1.165) is 18.5 Å². The summed E-state index contributed by atoms with van der Waals surface area (Å²) >= 11 is 0. The molecule has 20 heavy (non-hydrogen) atoms. The molecule has 106 valence electrons. The number of nitrogens with one attached hydrogen (secondary N) is 1. The number of fused-ring (bicyclic) bond motifs is 1. The molecular formula is C15H18N2O3. The van der Waals surface area contributed by atoms with E-state index < -0.39 is 0 Å². The lowest BCUT2D eigenvalue weighted by molar-refractivity contribution is -0.127. The van der Waals surface area contributed by atoms with Crippen molar-refractivity contribution in [1.29, 1.82) is 0 Å². The van der Waals surface area contributed by atoms with Crippen molar-refractivity contribution in [3.8, 4) is 0 Å². The van der Waals surface area contributed by atoms with Gasteiger partial charge in [0.25, 0.3) is 5.91 Å². The van der Waals surface area contributed by atoms with Crippen molar-refractivity contribution in [2.45, 2.75) is 25.9 Å². The number of benzene rings is 1. The molecule has 2 amide bonds. The minimum atomic E-state index is -0.372. The van der Waals surface area contributed by atoms with Gasteiger partial charge in [0.2, 0.25) is 5.91 Å². The highest BCUT2D eigenvalue weighted by molar-refractivity contribution is 6.05. The van der Waals surface area contributed by atoms with Gasteiger partial charge in [-0.1, -0.05) is 19.1 Å². The number of amides is 2. The maximum atomic E-state index is 12.6. The molecule has 0 bridgehead atoms. The monoisotopic (exact) mass is 274 g/mol. The van der Waals surface area contributed by atoms with Crippen LogP contribution in [-0.4, -0.2) is 31.1 Å². The molecule has 0 aromatic heterocycles. The molecule has 1 aromatic carbocycles. The first-order valence-electron chi connectivity index (χ1n) is 6.99. The fourth-order valence-electron chi connectivity index (χ4n) is 2.68. The van der Waals surface area contributed by atoms with Crippen LogP contribution in [0.15, 0.2) is 24.3 Å². The van der Waals surface area contributed by atoms with E-state index in [2.05, 4.69) is 5.32 Å². The molecular weight excluding hydrogens is 256 g/mol. The number of nitrogens with zero attached hydrogens (tertiary/aromatic N) is 1. The Hall–Kier alpha value is -1.88. The van der Waals surface area contributed by atoms with Crippen LogP contribution in [0.3, 0.4) is 0 Å². The average Bonchev–Trinajstić information content (AvgIpc) is 2.94. The fourth-order valence-corrected chi connectivity index (χ4v) is 2.68. The molecule has 0 radical (unpaired) electrons.